The highest BCUT2D eigenvalue weighted by atomic mass is 35.5. The molecule has 0 saturated carbocycles. The molecule has 5 heteroatoms. The number of benzene rings is 2. The van der Waals surface area contributed by atoms with Gasteiger partial charge >= 0.3 is 0 Å². The van der Waals surface area contributed by atoms with E-state index in [2.05, 4.69) is 4.98 Å². The first-order chi connectivity index (χ1) is 11.6. The number of aromatic amines is 1. The number of para-hydroxylation sites is 1. The van der Waals surface area contributed by atoms with E-state index in [9.17, 15) is 10.1 Å². The van der Waals surface area contributed by atoms with Crippen molar-refractivity contribution in [1.82, 2.24) is 4.98 Å². The number of fused-ring (bicyclic) bond motifs is 1. The van der Waals surface area contributed by atoms with Crippen LogP contribution in [-0.2, 0) is 0 Å². The number of aromatic nitrogens is 1. The molecule has 0 saturated heterocycles. The van der Waals surface area contributed by atoms with Gasteiger partial charge in [0.25, 0.3) is 0 Å². The Labute approximate surface area is 143 Å². The Morgan fingerprint density at radius 1 is 1.29 bits per heavy atom. The van der Waals surface area contributed by atoms with Crippen LogP contribution in [0.25, 0.3) is 17.0 Å². The lowest BCUT2D eigenvalue weighted by Crippen LogP contribution is -2.01. The van der Waals surface area contributed by atoms with Crippen LogP contribution >= 0.6 is 11.6 Å². The summed E-state index contributed by atoms with van der Waals surface area (Å²) in [4.78, 5) is 15.8. The highest BCUT2D eigenvalue weighted by Crippen LogP contribution is 2.26. The van der Waals surface area contributed by atoms with Crippen molar-refractivity contribution in [1.29, 1.82) is 5.26 Å². The number of rotatable bonds is 4. The number of nitriles is 1. The monoisotopic (exact) mass is 336 g/mol. The minimum Gasteiger partial charge on any atom is -0.496 e. The maximum Gasteiger partial charge on any atom is 0.205 e. The summed E-state index contributed by atoms with van der Waals surface area (Å²) in [6, 6.07) is 14.4. The van der Waals surface area contributed by atoms with Crippen LogP contribution in [0.2, 0.25) is 5.02 Å². The van der Waals surface area contributed by atoms with Crippen molar-refractivity contribution >= 4 is 34.4 Å². The van der Waals surface area contributed by atoms with Gasteiger partial charge in [0, 0.05) is 33.2 Å². The van der Waals surface area contributed by atoms with Crippen molar-refractivity contribution in [3.63, 3.8) is 0 Å². The van der Waals surface area contributed by atoms with E-state index in [1.54, 1.807) is 43.6 Å². The van der Waals surface area contributed by atoms with Gasteiger partial charge in [-0.05, 0) is 24.3 Å². The molecule has 0 amide bonds. The van der Waals surface area contributed by atoms with Crippen molar-refractivity contribution in [2.24, 2.45) is 0 Å². The van der Waals surface area contributed by atoms with E-state index in [0.717, 1.165) is 10.9 Å². The molecule has 118 valence electrons. The van der Waals surface area contributed by atoms with Gasteiger partial charge in [-0.15, -0.1) is 0 Å². The smallest absolute Gasteiger partial charge is 0.205 e. The highest BCUT2D eigenvalue weighted by Gasteiger charge is 2.17. The van der Waals surface area contributed by atoms with E-state index in [1.165, 1.54) is 6.08 Å². The Hall–Kier alpha value is -3.03. The van der Waals surface area contributed by atoms with E-state index in [-0.39, 0.29) is 11.4 Å². The summed E-state index contributed by atoms with van der Waals surface area (Å²) in [5, 5.41) is 10.7. The number of halogens is 1. The highest BCUT2D eigenvalue weighted by molar-refractivity contribution is 6.31. The Bertz CT molecular complexity index is 996. The van der Waals surface area contributed by atoms with Crippen molar-refractivity contribution in [2.45, 2.75) is 0 Å². The maximum absolute atomic E-state index is 12.8. The van der Waals surface area contributed by atoms with Gasteiger partial charge in [0.15, 0.2) is 0 Å². The minimum atomic E-state index is -0.350. The minimum absolute atomic E-state index is 0.0374. The van der Waals surface area contributed by atoms with E-state index in [1.807, 2.05) is 18.2 Å². The molecule has 0 atom stereocenters. The molecule has 0 unspecified atom stereocenters. The topological polar surface area (TPSA) is 65.9 Å². The number of methoxy groups -OCH3 is 1. The summed E-state index contributed by atoms with van der Waals surface area (Å²) in [5.41, 5.74) is 1.90. The van der Waals surface area contributed by atoms with Gasteiger partial charge < -0.3 is 9.72 Å². The molecule has 24 heavy (non-hydrogen) atoms. The average molecular weight is 337 g/mol. The van der Waals surface area contributed by atoms with E-state index in [4.69, 9.17) is 16.3 Å². The summed E-state index contributed by atoms with van der Waals surface area (Å²) in [6.07, 6.45) is 3.13. The number of H-pyrrole nitrogens is 1. The lowest BCUT2D eigenvalue weighted by atomic mass is 10.0. The van der Waals surface area contributed by atoms with Gasteiger partial charge in [0.2, 0.25) is 5.78 Å². The second kappa shape index (κ2) is 6.61. The zero-order valence-corrected chi connectivity index (χ0v) is 13.6. The fourth-order valence-corrected chi connectivity index (χ4v) is 2.69. The summed E-state index contributed by atoms with van der Waals surface area (Å²) < 4.78 is 5.26. The third-order valence-corrected chi connectivity index (χ3v) is 3.93. The molecule has 3 aromatic rings. The molecule has 4 nitrogen and oxygen atoms in total. The number of ether oxygens (including phenoxy) is 1. The zero-order chi connectivity index (χ0) is 17.1. The lowest BCUT2D eigenvalue weighted by Gasteiger charge is -2.04. The largest absolute Gasteiger partial charge is 0.496 e. The van der Waals surface area contributed by atoms with Crippen LogP contribution in [0.15, 0.2) is 54.2 Å². The third-order valence-electron chi connectivity index (χ3n) is 3.69. The number of hydrogen-bond acceptors (Lipinski definition) is 3. The van der Waals surface area contributed by atoms with Crippen molar-refractivity contribution in [3.8, 4) is 11.8 Å². The van der Waals surface area contributed by atoms with Gasteiger partial charge in [0.1, 0.15) is 17.4 Å². The molecule has 0 radical (unpaired) electrons. The fourth-order valence-electron chi connectivity index (χ4n) is 2.52. The normalized spacial score (nSPS) is 11.3. The molecule has 1 heterocycles. The standard InChI is InChI=1S/C19H13ClN2O2/c1-24-18-5-3-2-4-12(18)8-13(10-21)19(23)16-11-22-17-9-14(20)6-7-15(16)17/h2-9,11,22H,1H3/b13-8+. The van der Waals surface area contributed by atoms with Gasteiger partial charge in [-0.2, -0.15) is 5.26 Å². The summed E-state index contributed by atoms with van der Waals surface area (Å²) in [6.45, 7) is 0. The molecular weight excluding hydrogens is 324 g/mol. The third kappa shape index (κ3) is 2.90. The number of hydrogen-bond donors (Lipinski definition) is 1. The second-order valence-electron chi connectivity index (χ2n) is 5.13. The van der Waals surface area contributed by atoms with E-state index < -0.39 is 0 Å². The molecule has 0 spiro atoms. The fraction of sp³-hybridized carbons (Fsp3) is 0.0526. The molecule has 2 aromatic carbocycles. The predicted molar refractivity (Wildman–Crippen MR) is 94.2 cm³/mol. The average Bonchev–Trinajstić information content (AvgIpc) is 3.02. The van der Waals surface area contributed by atoms with Crippen LogP contribution in [0.3, 0.4) is 0 Å². The number of carbonyl (C=O) groups is 1. The Morgan fingerprint density at radius 2 is 2.08 bits per heavy atom. The molecule has 0 bridgehead atoms. The second-order valence-corrected chi connectivity index (χ2v) is 5.57. The van der Waals surface area contributed by atoms with Crippen LogP contribution in [0.5, 0.6) is 5.75 Å². The number of nitrogens with zero attached hydrogens (tertiary/aromatic N) is 1. The predicted octanol–water partition coefficient (Wildman–Crippen LogP) is 4.62. The van der Waals surface area contributed by atoms with E-state index >= 15 is 0 Å². The number of carbonyl (C=O) groups excluding carboxylic acids is 1. The Balaban J connectivity index is 2.06. The van der Waals surface area contributed by atoms with Crippen LogP contribution in [-0.4, -0.2) is 17.9 Å². The number of nitrogens with one attached hydrogen (secondary N) is 1. The molecule has 0 aliphatic rings. The van der Waals surface area contributed by atoms with Crippen LogP contribution in [0.4, 0.5) is 0 Å². The quantitative estimate of drug-likeness (QED) is 0.429. The first-order valence-electron chi connectivity index (χ1n) is 7.20. The molecule has 0 aliphatic heterocycles. The Morgan fingerprint density at radius 3 is 2.83 bits per heavy atom. The number of allylic oxidation sites excluding steroid dienone is 1. The van der Waals surface area contributed by atoms with Gasteiger partial charge in [-0.1, -0.05) is 35.9 Å². The first-order valence-corrected chi connectivity index (χ1v) is 7.58. The van der Waals surface area contributed by atoms with Gasteiger partial charge in [0.05, 0.1) is 7.11 Å². The maximum atomic E-state index is 12.8. The molecule has 0 fully saturated rings. The molecule has 0 aliphatic carbocycles. The summed E-state index contributed by atoms with van der Waals surface area (Å²) in [5.74, 6) is 0.251. The van der Waals surface area contributed by atoms with Crippen molar-refractivity contribution in [2.75, 3.05) is 7.11 Å². The summed E-state index contributed by atoms with van der Waals surface area (Å²) >= 11 is 5.96. The molecular formula is C19H13ClN2O2. The molecule has 3 rings (SSSR count). The zero-order valence-electron chi connectivity index (χ0n) is 12.8. The number of Topliss-reactive ketones (excluding diaryl/α,β-unsaturated/α-hetero) is 1. The summed E-state index contributed by atoms with van der Waals surface area (Å²) in [7, 11) is 1.55. The molecule has 1 aromatic heterocycles. The van der Waals surface area contributed by atoms with Crippen molar-refractivity contribution < 1.29 is 9.53 Å². The van der Waals surface area contributed by atoms with Crippen molar-refractivity contribution in [3.05, 3.63) is 70.4 Å². The van der Waals surface area contributed by atoms with Crippen LogP contribution < -0.4 is 4.74 Å². The first kappa shape index (κ1) is 15.9. The Kier molecular flexibility index (Phi) is 4.37. The van der Waals surface area contributed by atoms with Gasteiger partial charge in [-0.25, -0.2) is 0 Å². The lowest BCUT2D eigenvalue weighted by molar-refractivity contribution is 0.104. The van der Waals surface area contributed by atoms with Crippen LogP contribution in [0.1, 0.15) is 15.9 Å². The van der Waals surface area contributed by atoms with Crippen LogP contribution in [0, 0.1) is 11.3 Å². The molecule has 1 N–H and O–H groups in total. The van der Waals surface area contributed by atoms with E-state index in [0.29, 0.717) is 21.9 Å². The SMILES string of the molecule is COc1ccccc1/C=C(\C#N)C(=O)c1c[nH]c2cc(Cl)ccc12. The number of ketones is 1. The van der Waals surface area contributed by atoms with Gasteiger partial charge in [-0.3, -0.25) is 4.79 Å².